The molecule has 4 heteroatoms. The van der Waals surface area contributed by atoms with Crippen molar-refractivity contribution in [1.29, 1.82) is 0 Å². The quantitative estimate of drug-likeness (QED) is 0.923. The van der Waals surface area contributed by atoms with Crippen LogP contribution < -0.4 is 5.32 Å². The largest absolute Gasteiger partial charge is 0.384 e. The number of hydrogen-bond acceptors (Lipinski definition) is 3. The Balaban J connectivity index is 1.48. The Hall–Kier alpha value is -1.94. The second-order valence-electron chi connectivity index (χ2n) is 6.46. The summed E-state index contributed by atoms with van der Waals surface area (Å²) in [6, 6.07) is 9.26. The monoisotopic (exact) mass is 297 g/mol. The normalized spacial score (nSPS) is 19.9. The average molecular weight is 297 g/mol. The first-order chi connectivity index (χ1) is 10.8. The smallest absolute Gasteiger partial charge is 0.123 e. The topological polar surface area (TPSA) is 28.2 Å². The molecule has 2 aliphatic heterocycles. The van der Waals surface area contributed by atoms with E-state index in [2.05, 4.69) is 21.3 Å². The number of rotatable bonds is 2. The number of pyridine rings is 1. The van der Waals surface area contributed by atoms with Gasteiger partial charge in [0.2, 0.25) is 0 Å². The highest BCUT2D eigenvalue weighted by Crippen LogP contribution is 2.44. The van der Waals surface area contributed by atoms with Crippen LogP contribution in [-0.4, -0.2) is 29.5 Å². The Bertz CT molecular complexity index is 663. The van der Waals surface area contributed by atoms with E-state index in [1.165, 1.54) is 11.1 Å². The lowest BCUT2D eigenvalue weighted by atomic mass is 9.74. The molecule has 0 saturated carbocycles. The molecule has 0 radical (unpaired) electrons. The first-order valence-corrected chi connectivity index (χ1v) is 7.90. The van der Waals surface area contributed by atoms with E-state index in [4.69, 9.17) is 0 Å². The summed E-state index contributed by atoms with van der Waals surface area (Å²) in [6.45, 7) is 3.99. The molecule has 1 fully saturated rings. The summed E-state index contributed by atoms with van der Waals surface area (Å²) in [5.41, 5.74) is 3.66. The van der Waals surface area contributed by atoms with E-state index in [-0.39, 0.29) is 11.2 Å². The second kappa shape index (κ2) is 5.36. The minimum atomic E-state index is -0.125. The number of hydrogen-bond donors (Lipinski definition) is 1. The first-order valence-electron chi connectivity index (χ1n) is 7.90. The molecule has 3 heterocycles. The molecule has 1 aromatic heterocycles. The number of benzene rings is 1. The van der Waals surface area contributed by atoms with Gasteiger partial charge in [0.1, 0.15) is 5.82 Å². The summed E-state index contributed by atoms with van der Waals surface area (Å²) in [7, 11) is 0. The fourth-order valence-corrected chi connectivity index (χ4v) is 3.80. The van der Waals surface area contributed by atoms with Gasteiger partial charge in [0.15, 0.2) is 0 Å². The van der Waals surface area contributed by atoms with Crippen LogP contribution in [0.2, 0.25) is 0 Å². The van der Waals surface area contributed by atoms with Gasteiger partial charge in [0.05, 0.1) is 0 Å². The fraction of sp³-hybridized carbons (Fsp3) is 0.389. The van der Waals surface area contributed by atoms with Gasteiger partial charge in [-0.25, -0.2) is 4.39 Å². The highest BCUT2D eigenvalue weighted by atomic mass is 19.1. The molecule has 22 heavy (non-hydrogen) atoms. The van der Waals surface area contributed by atoms with Gasteiger partial charge in [-0.2, -0.15) is 0 Å². The molecule has 0 atom stereocenters. The predicted molar refractivity (Wildman–Crippen MR) is 85.3 cm³/mol. The van der Waals surface area contributed by atoms with E-state index < -0.39 is 0 Å². The van der Waals surface area contributed by atoms with Crippen LogP contribution in [0.4, 0.5) is 10.1 Å². The number of fused-ring (bicyclic) bond motifs is 2. The van der Waals surface area contributed by atoms with Crippen LogP contribution in [0.3, 0.4) is 0 Å². The summed E-state index contributed by atoms with van der Waals surface area (Å²) in [5.74, 6) is -0.125. The Morgan fingerprint density at radius 3 is 2.86 bits per heavy atom. The average Bonchev–Trinajstić information content (AvgIpc) is 2.89. The van der Waals surface area contributed by atoms with E-state index in [9.17, 15) is 4.39 Å². The Morgan fingerprint density at radius 2 is 2.09 bits per heavy atom. The number of anilines is 1. The summed E-state index contributed by atoms with van der Waals surface area (Å²) >= 11 is 0. The molecule has 3 nitrogen and oxygen atoms in total. The molecule has 1 saturated heterocycles. The van der Waals surface area contributed by atoms with Gasteiger partial charge in [0, 0.05) is 36.6 Å². The van der Waals surface area contributed by atoms with Crippen LogP contribution in [0.1, 0.15) is 24.0 Å². The number of piperidine rings is 1. The molecule has 0 aliphatic carbocycles. The lowest BCUT2D eigenvalue weighted by Gasteiger charge is -2.39. The molecule has 2 aliphatic rings. The summed E-state index contributed by atoms with van der Waals surface area (Å²) in [5, 5.41) is 3.46. The molecular weight excluding hydrogens is 277 g/mol. The molecular formula is C18H20FN3. The zero-order chi connectivity index (χ0) is 15.0. The molecule has 114 valence electrons. The van der Waals surface area contributed by atoms with Crippen LogP contribution in [-0.2, 0) is 12.0 Å². The van der Waals surface area contributed by atoms with Gasteiger partial charge in [-0.15, -0.1) is 0 Å². The van der Waals surface area contributed by atoms with E-state index in [0.717, 1.165) is 44.7 Å². The van der Waals surface area contributed by atoms with E-state index in [1.807, 2.05) is 24.5 Å². The van der Waals surface area contributed by atoms with Crippen molar-refractivity contribution in [3.8, 4) is 0 Å². The molecule has 1 N–H and O–H groups in total. The van der Waals surface area contributed by atoms with Crippen molar-refractivity contribution in [1.82, 2.24) is 9.88 Å². The third-order valence-corrected chi connectivity index (χ3v) is 5.11. The Kier molecular flexibility index (Phi) is 3.34. The highest BCUT2D eigenvalue weighted by molar-refractivity contribution is 5.60. The third-order valence-electron chi connectivity index (χ3n) is 5.11. The maximum atomic E-state index is 13.6. The van der Waals surface area contributed by atoms with Crippen molar-refractivity contribution in [2.24, 2.45) is 0 Å². The van der Waals surface area contributed by atoms with Crippen LogP contribution in [0.15, 0.2) is 42.7 Å². The maximum Gasteiger partial charge on any atom is 0.123 e. The number of nitrogens with zero attached hydrogens (tertiary/aromatic N) is 2. The molecule has 4 rings (SSSR count). The van der Waals surface area contributed by atoms with Gasteiger partial charge in [-0.1, -0.05) is 6.07 Å². The molecule has 0 amide bonds. The summed E-state index contributed by atoms with van der Waals surface area (Å²) in [4.78, 5) is 6.65. The highest BCUT2D eigenvalue weighted by Gasteiger charge is 2.41. The van der Waals surface area contributed by atoms with E-state index in [0.29, 0.717) is 0 Å². The molecule has 1 spiro atoms. The first kappa shape index (κ1) is 13.7. The van der Waals surface area contributed by atoms with Crippen molar-refractivity contribution >= 4 is 5.69 Å². The standard InChI is InChI=1S/C18H20FN3/c19-15-3-4-17-16(10-15)18(13-21-17)5-8-22(9-6-18)12-14-2-1-7-20-11-14/h1-4,7,10-11,21H,5-6,8-9,12-13H2. The van der Waals surface area contributed by atoms with Crippen molar-refractivity contribution in [3.05, 3.63) is 59.7 Å². The molecule has 0 unspecified atom stereocenters. The second-order valence-corrected chi connectivity index (χ2v) is 6.46. The zero-order valence-electron chi connectivity index (χ0n) is 12.6. The third kappa shape index (κ3) is 2.37. The SMILES string of the molecule is Fc1ccc2c(c1)C1(CCN(Cc3cccnc3)CC1)CN2. The van der Waals surface area contributed by atoms with Crippen LogP contribution in [0, 0.1) is 5.82 Å². The number of nitrogens with one attached hydrogen (secondary N) is 1. The minimum Gasteiger partial charge on any atom is -0.384 e. The molecule has 2 aromatic rings. The van der Waals surface area contributed by atoms with Gasteiger partial charge in [-0.05, 0) is 61.3 Å². The Labute approximate surface area is 130 Å². The number of halogens is 1. The van der Waals surface area contributed by atoms with Crippen molar-refractivity contribution < 1.29 is 4.39 Å². The van der Waals surface area contributed by atoms with Crippen LogP contribution in [0.25, 0.3) is 0 Å². The summed E-state index contributed by atoms with van der Waals surface area (Å²) < 4.78 is 13.6. The van der Waals surface area contributed by atoms with Crippen molar-refractivity contribution in [2.45, 2.75) is 24.8 Å². The van der Waals surface area contributed by atoms with Gasteiger partial charge in [-0.3, -0.25) is 9.88 Å². The maximum absolute atomic E-state index is 13.6. The lowest BCUT2D eigenvalue weighted by molar-refractivity contribution is 0.162. The molecule has 0 bridgehead atoms. The van der Waals surface area contributed by atoms with Crippen molar-refractivity contribution in [2.75, 3.05) is 25.0 Å². The predicted octanol–water partition coefficient (Wildman–Crippen LogP) is 3.18. The van der Waals surface area contributed by atoms with Crippen molar-refractivity contribution in [3.63, 3.8) is 0 Å². The number of likely N-dealkylation sites (tertiary alicyclic amines) is 1. The lowest BCUT2D eigenvalue weighted by Crippen LogP contribution is -2.43. The van der Waals surface area contributed by atoms with E-state index >= 15 is 0 Å². The Morgan fingerprint density at radius 1 is 1.23 bits per heavy atom. The minimum absolute atomic E-state index is 0.114. The van der Waals surface area contributed by atoms with Crippen LogP contribution >= 0.6 is 0 Å². The summed E-state index contributed by atoms with van der Waals surface area (Å²) in [6.07, 6.45) is 5.91. The fourth-order valence-electron chi connectivity index (χ4n) is 3.80. The zero-order valence-corrected chi connectivity index (χ0v) is 12.6. The van der Waals surface area contributed by atoms with Crippen LogP contribution in [0.5, 0.6) is 0 Å². The number of aromatic nitrogens is 1. The molecule has 1 aromatic carbocycles. The van der Waals surface area contributed by atoms with Gasteiger partial charge in [0.25, 0.3) is 0 Å². The van der Waals surface area contributed by atoms with Gasteiger partial charge < -0.3 is 5.32 Å². The van der Waals surface area contributed by atoms with E-state index in [1.54, 1.807) is 12.1 Å². The van der Waals surface area contributed by atoms with Gasteiger partial charge >= 0.3 is 0 Å².